The summed E-state index contributed by atoms with van der Waals surface area (Å²) in [6.45, 7) is 7.58. The maximum absolute atomic E-state index is 3.56. The van der Waals surface area contributed by atoms with Crippen molar-refractivity contribution in [1.82, 2.24) is 0 Å². The molecule has 0 saturated carbocycles. The summed E-state index contributed by atoms with van der Waals surface area (Å²) < 4.78 is 0. The summed E-state index contributed by atoms with van der Waals surface area (Å²) in [5.41, 5.74) is 1.08. The van der Waals surface area contributed by atoms with Crippen molar-refractivity contribution in [3.05, 3.63) is 24.3 Å². The standard InChI is InChI=1S/C9H12/c1-4-6-8-9(3)7-5-2/h5,7H,2,4H2,1,3H3. The molecule has 0 spiro atoms. The highest BCUT2D eigenvalue weighted by molar-refractivity contribution is 5.28. The van der Waals surface area contributed by atoms with Crippen LogP contribution in [0.3, 0.4) is 0 Å². The molecule has 48 valence electrons. The van der Waals surface area contributed by atoms with Crippen LogP contribution in [0.4, 0.5) is 0 Å². The van der Waals surface area contributed by atoms with Crippen molar-refractivity contribution in [2.45, 2.75) is 20.3 Å². The Hall–Kier alpha value is -0.960. The molecule has 0 aliphatic heterocycles. The fourth-order valence-corrected chi connectivity index (χ4v) is 0.446. The van der Waals surface area contributed by atoms with Gasteiger partial charge in [-0.15, -0.1) is 0 Å². The van der Waals surface area contributed by atoms with Gasteiger partial charge in [0.25, 0.3) is 0 Å². The van der Waals surface area contributed by atoms with Crippen molar-refractivity contribution in [2.75, 3.05) is 0 Å². The smallest absolute Gasteiger partial charge is 0.00638 e. The van der Waals surface area contributed by atoms with Crippen LogP contribution >= 0.6 is 0 Å². The van der Waals surface area contributed by atoms with E-state index in [1.54, 1.807) is 6.08 Å². The lowest BCUT2D eigenvalue weighted by atomic mass is 10.3. The van der Waals surface area contributed by atoms with Crippen LogP contribution in [0.1, 0.15) is 20.3 Å². The normalized spacial score (nSPS) is 9.78. The quantitative estimate of drug-likeness (QED) is 0.368. The van der Waals surface area contributed by atoms with E-state index in [1.807, 2.05) is 19.9 Å². The zero-order chi connectivity index (χ0) is 7.11. The molecule has 0 bridgehead atoms. The topological polar surface area (TPSA) is 0 Å². The first-order chi connectivity index (χ1) is 4.31. The van der Waals surface area contributed by atoms with Crippen molar-refractivity contribution in [1.29, 1.82) is 0 Å². The molecule has 0 unspecified atom stereocenters. The van der Waals surface area contributed by atoms with Gasteiger partial charge in [0.2, 0.25) is 0 Å². The van der Waals surface area contributed by atoms with Crippen molar-refractivity contribution in [2.24, 2.45) is 0 Å². The zero-order valence-corrected chi connectivity index (χ0v) is 6.07. The molecule has 0 aromatic carbocycles. The van der Waals surface area contributed by atoms with E-state index in [-0.39, 0.29) is 0 Å². The fraction of sp³-hybridized carbons (Fsp3) is 0.333. The van der Waals surface area contributed by atoms with Crippen molar-refractivity contribution in [3.8, 4) is 11.8 Å². The van der Waals surface area contributed by atoms with Gasteiger partial charge in [0.05, 0.1) is 0 Å². The first-order valence-electron chi connectivity index (χ1n) is 3.09. The molecular weight excluding hydrogens is 108 g/mol. The van der Waals surface area contributed by atoms with Crippen LogP contribution in [-0.2, 0) is 0 Å². The lowest BCUT2D eigenvalue weighted by Crippen LogP contribution is -1.64. The van der Waals surface area contributed by atoms with E-state index in [2.05, 4.69) is 18.4 Å². The predicted molar refractivity (Wildman–Crippen MR) is 42.0 cm³/mol. The summed E-state index contributed by atoms with van der Waals surface area (Å²) in [5, 5.41) is 0. The van der Waals surface area contributed by atoms with Crippen LogP contribution in [0.5, 0.6) is 0 Å². The lowest BCUT2D eigenvalue weighted by Gasteiger charge is -1.79. The highest BCUT2D eigenvalue weighted by Crippen LogP contribution is 1.88. The van der Waals surface area contributed by atoms with Gasteiger partial charge in [0, 0.05) is 6.42 Å². The molecule has 0 rings (SSSR count). The molecule has 0 atom stereocenters. The Bertz CT molecular complexity index is 162. The lowest BCUT2D eigenvalue weighted by molar-refractivity contribution is 1.28. The minimum absolute atomic E-state index is 0.919. The molecule has 0 heteroatoms. The molecule has 0 radical (unpaired) electrons. The van der Waals surface area contributed by atoms with Gasteiger partial charge in [-0.3, -0.25) is 0 Å². The summed E-state index contributed by atoms with van der Waals surface area (Å²) in [7, 11) is 0. The Labute approximate surface area is 57.3 Å². The third-order valence-electron chi connectivity index (χ3n) is 0.830. The summed E-state index contributed by atoms with van der Waals surface area (Å²) in [5.74, 6) is 5.94. The number of rotatable bonds is 1. The van der Waals surface area contributed by atoms with Gasteiger partial charge in [-0.25, -0.2) is 0 Å². The molecule has 0 nitrogen and oxygen atoms in total. The van der Waals surface area contributed by atoms with Gasteiger partial charge >= 0.3 is 0 Å². The molecule has 0 aromatic heterocycles. The second kappa shape index (κ2) is 5.18. The number of allylic oxidation sites excluding steroid dienone is 3. The first kappa shape index (κ1) is 8.04. The van der Waals surface area contributed by atoms with Crippen LogP contribution in [0.15, 0.2) is 24.3 Å². The summed E-state index contributed by atoms with van der Waals surface area (Å²) >= 11 is 0. The SMILES string of the molecule is C=CC=C(C)C#CCC. The molecule has 0 amide bonds. The number of hydrogen-bond donors (Lipinski definition) is 0. The summed E-state index contributed by atoms with van der Waals surface area (Å²) in [6, 6.07) is 0. The fourth-order valence-electron chi connectivity index (χ4n) is 0.446. The van der Waals surface area contributed by atoms with E-state index >= 15 is 0 Å². The second-order valence-corrected chi connectivity index (χ2v) is 1.74. The van der Waals surface area contributed by atoms with Crippen molar-refractivity contribution in [3.63, 3.8) is 0 Å². The molecule has 0 saturated heterocycles. The highest BCUT2D eigenvalue weighted by atomic mass is 13.8. The molecule has 0 aliphatic rings. The zero-order valence-electron chi connectivity index (χ0n) is 6.07. The number of hydrogen-bond acceptors (Lipinski definition) is 0. The third-order valence-corrected chi connectivity index (χ3v) is 0.830. The Morgan fingerprint density at radius 1 is 1.67 bits per heavy atom. The van der Waals surface area contributed by atoms with E-state index in [0.29, 0.717) is 0 Å². The van der Waals surface area contributed by atoms with Gasteiger partial charge in [0.15, 0.2) is 0 Å². The molecule has 0 fully saturated rings. The summed E-state index contributed by atoms with van der Waals surface area (Å²) in [4.78, 5) is 0. The van der Waals surface area contributed by atoms with Gasteiger partial charge in [0.1, 0.15) is 0 Å². The van der Waals surface area contributed by atoms with Crippen LogP contribution in [-0.4, -0.2) is 0 Å². The molecule has 0 aromatic rings. The van der Waals surface area contributed by atoms with Gasteiger partial charge in [-0.05, 0) is 12.5 Å². The van der Waals surface area contributed by atoms with Crippen LogP contribution in [0.2, 0.25) is 0 Å². The third kappa shape index (κ3) is 4.90. The van der Waals surface area contributed by atoms with Crippen molar-refractivity contribution >= 4 is 0 Å². The van der Waals surface area contributed by atoms with E-state index in [1.165, 1.54) is 0 Å². The molecule has 0 heterocycles. The average Bonchev–Trinajstić information content (AvgIpc) is 1.85. The minimum Gasteiger partial charge on any atom is -0.0990 e. The predicted octanol–water partition coefficient (Wildman–Crippen LogP) is 2.53. The average molecular weight is 120 g/mol. The Kier molecular flexibility index (Phi) is 4.63. The Morgan fingerprint density at radius 3 is 2.78 bits per heavy atom. The first-order valence-corrected chi connectivity index (χ1v) is 3.09. The van der Waals surface area contributed by atoms with E-state index in [4.69, 9.17) is 0 Å². The largest absolute Gasteiger partial charge is 0.0990 e. The maximum atomic E-state index is 3.56. The second-order valence-electron chi connectivity index (χ2n) is 1.74. The van der Waals surface area contributed by atoms with E-state index < -0.39 is 0 Å². The van der Waals surface area contributed by atoms with Crippen LogP contribution in [0, 0.1) is 11.8 Å². The van der Waals surface area contributed by atoms with E-state index in [9.17, 15) is 0 Å². The maximum Gasteiger partial charge on any atom is 0.00638 e. The van der Waals surface area contributed by atoms with Crippen LogP contribution < -0.4 is 0 Å². The van der Waals surface area contributed by atoms with Gasteiger partial charge < -0.3 is 0 Å². The van der Waals surface area contributed by atoms with Crippen molar-refractivity contribution < 1.29 is 0 Å². The Morgan fingerprint density at radius 2 is 2.33 bits per heavy atom. The van der Waals surface area contributed by atoms with Gasteiger partial charge in [-0.1, -0.05) is 37.5 Å². The van der Waals surface area contributed by atoms with Gasteiger partial charge in [-0.2, -0.15) is 0 Å². The molecular formula is C9H12. The Balaban J connectivity index is 3.88. The highest BCUT2D eigenvalue weighted by Gasteiger charge is 1.72. The molecule has 0 N–H and O–H groups in total. The molecule has 0 aliphatic carbocycles. The molecule has 9 heavy (non-hydrogen) atoms. The minimum atomic E-state index is 0.919. The summed E-state index contributed by atoms with van der Waals surface area (Å²) in [6.07, 6.45) is 4.57. The van der Waals surface area contributed by atoms with E-state index in [0.717, 1.165) is 12.0 Å². The van der Waals surface area contributed by atoms with Crippen LogP contribution in [0.25, 0.3) is 0 Å². The monoisotopic (exact) mass is 120 g/mol.